The van der Waals surface area contributed by atoms with E-state index in [1.165, 1.54) is 0 Å². The molecule has 1 heterocycles. The zero-order valence-electron chi connectivity index (χ0n) is 9.75. The summed E-state index contributed by atoms with van der Waals surface area (Å²) in [5.74, 6) is -1.03. The molecule has 5 heteroatoms. The summed E-state index contributed by atoms with van der Waals surface area (Å²) in [4.78, 5) is 26.0. The lowest BCUT2D eigenvalue weighted by Gasteiger charge is -2.37. The van der Waals surface area contributed by atoms with Crippen molar-refractivity contribution in [2.75, 3.05) is 23.4 Å². The number of carboxylic acid groups (broad SMARTS) is 1. The third-order valence-corrected chi connectivity index (χ3v) is 3.06. The Bertz CT molecular complexity index is 473. The van der Waals surface area contributed by atoms with Crippen LogP contribution >= 0.6 is 0 Å². The number of nitrogens with zero attached hydrogens (tertiary/aromatic N) is 2. The average Bonchev–Trinajstić information content (AvgIpc) is 2.33. The number of carbonyl (C=O) groups is 2. The molecule has 5 nitrogen and oxygen atoms in total. The maximum absolute atomic E-state index is 11.8. The van der Waals surface area contributed by atoms with Gasteiger partial charge in [0.05, 0.1) is 17.9 Å². The van der Waals surface area contributed by atoms with Gasteiger partial charge in [0.1, 0.15) is 6.04 Å². The van der Waals surface area contributed by atoms with E-state index in [2.05, 4.69) is 0 Å². The third-order valence-electron chi connectivity index (χ3n) is 3.06. The first-order valence-electron chi connectivity index (χ1n) is 5.37. The van der Waals surface area contributed by atoms with Gasteiger partial charge in [-0.25, -0.2) is 4.79 Å². The van der Waals surface area contributed by atoms with Gasteiger partial charge in [0.2, 0.25) is 5.91 Å². The number of hydrogen-bond acceptors (Lipinski definition) is 3. The molecule has 1 aromatic rings. The summed E-state index contributed by atoms with van der Waals surface area (Å²) in [7, 11) is 1.70. The van der Waals surface area contributed by atoms with Crippen molar-refractivity contribution in [2.45, 2.75) is 13.0 Å². The minimum atomic E-state index is -0.933. The number of aliphatic carboxylic acids is 1. The van der Waals surface area contributed by atoms with Gasteiger partial charge in [-0.2, -0.15) is 0 Å². The van der Waals surface area contributed by atoms with Crippen molar-refractivity contribution in [1.29, 1.82) is 0 Å². The van der Waals surface area contributed by atoms with E-state index < -0.39 is 12.0 Å². The Kier molecular flexibility index (Phi) is 2.75. The minimum absolute atomic E-state index is 0.0982. The highest BCUT2D eigenvalue weighted by Crippen LogP contribution is 2.33. The number of likely N-dealkylation sites (N-methyl/N-ethyl adjacent to an activating group) is 1. The van der Waals surface area contributed by atoms with Crippen LogP contribution in [0.5, 0.6) is 0 Å². The molecule has 0 saturated heterocycles. The van der Waals surface area contributed by atoms with Crippen LogP contribution < -0.4 is 9.80 Å². The molecule has 0 bridgehead atoms. The zero-order valence-corrected chi connectivity index (χ0v) is 9.75. The van der Waals surface area contributed by atoms with E-state index in [-0.39, 0.29) is 12.5 Å². The zero-order chi connectivity index (χ0) is 12.6. The Morgan fingerprint density at radius 1 is 1.35 bits per heavy atom. The van der Waals surface area contributed by atoms with Crippen LogP contribution in [-0.2, 0) is 9.59 Å². The van der Waals surface area contributed by atoms with Gasteiger partial charge in [-0.05, 0) is 19.1 Å². The Hall–Kier alpha value is -2.04. The van der Waals surface area contributed by atoms with Gasteiger partial charge >= 0.3 is 5.97 Å². The van der Waals surface area contributed by atoms with Crippen molar-refractivity contribution in [3.63, 3.8) is 0 Å². The fraction of sp³-hybridized carbons (Fsp3) is 0.333. The van der Waals surface area contributed by atoms with Crippen LogP contribution in [0, 0.1) is 0 Å². The lowest BCUT2D eigenvalue weighted by molar-refractivity contribution is -0.138. The number of rotatable bonds is 2. The Balaban J connectivity index is 2.47. The third kappa shape index (κ3) is 1.84. The highest BCUT2D eigenvalue weighted by atomic mass is 16.4. The molecule has 17 heavy (non-hydrogen) atoms. The second kappa shape index (κ2) is 4.08. The van der Waals surface area contributed by atoms with Crippen LogP contribution in [-0.4, -0.2) is 36.6 Å². The summed E-state index contributed by atoms with van der Waals surface area (Å²) in [6.45, 7) is 1.68. The van der Waals surface area contributed by atoms with Gasteiger partial charge in [0.25, 0.3) is 0 Å². The fourth-order valence-corrected chi connectivity index (χ4v) is 1.94. The molecule has 1 aliphatic heterocycles. The molecular formula is C12H14N2O3. The van der Waals surface area contributed by atoms with Crippen molar-refractivity contribution in [3.8, 4) is 0 Å². The smallest absolute Gasteiger partial charge is 0.326 e. The van der Waals surface area contributed by atoms with Crippen LogP contribution in [0.25, 0.3) is 0 Å². The summed E-state index contributed by atoms with van der Waals surface area (Å²) in [6.07, 6.45) is 0. The molecule has 0 saturated carbocycles. The van der Waals surface area contributed by atoms with Crippen LogP contribution in [0.1, 0.15) is 6.92 Å². The average molecular weight is 234 g/mol. The molecule has 0 aliphatic carbocycles. The van der Waals surface area contributed by atoms with E-state index in [1.807, 2.05) is 24.3 Å². The van der Waals surface area contributed by atoms with Crippen LogP contribution in [0.4, 0.5) is 11.4 Å². The molecule has 2 rings (SSSR count). The summed E-state index contributed by atoms with van der Waals surface area (Å²) in [5, 5.41) is 9.05. The lowest BCUT2D eigenvalue weighted by atomic mass is 10.1. The highest BCUT2D eigenvalue weighted by Gasteiger charge is 2.31. The molecule has 1 aromatic carbocycles. The summed E-state index contributed by atoms with van der Waals surface area (Å²) < 4.78 is 0. The van der Waals surface area contributed by atoms with Crippen molar-refractivity contribution < 1.29 is 14.7 Å². The van der Waals surface area contributed by atoms with Gasteiger partial charge in [-0.3, -0.25) is 4.79 Å². The molecule has 1 atom stereocenters. The molecule has 0 fully saturated rings. The minimum Gasteiger partial charge on any atom is -0.480 e. The highest BCUT2D eigenvalue weighted by molar-refractivity contribution is 6.04. The molecule has 1 unspecified atom stereocenters. The Labute approximate surface area is 99.3 Å². The predicted octanol–water partition coefficient (Wildman–Crippen LogP) is 0.942. The van der Waals surface area contributed by atoms with E-state index in [9.17, 15) is 9.59 Å². The molecule has 0 spiro atoms. The largest absolute Gasteiger partial charge is 0.480 e. The first kappa shape index (κ1) is 11.4. The molecule has 1 aliphatic rings. The molecule has 1 N–H and O–H groups in total. The molecule has 0 radical (unpaired) electrons. The second-order valence-electron chi connectivity index (χ2n) is 4.08. The van der Waals surface area contributed by atoms with Gasteiger partial charge in [-0.1, -0.05) is 12.1 Å². The normalized spacial score (nSPS) is 16.7. The first-order chi connectivity index (χ1) is 8.02. The topological polar surface area (TPSA) is 60.9 Å². The van der Waals surface area contributed by atoms with E-state index in [0.29, 0.717) is 0 Å². The Morgan fingerprint density at radius 3 is 2.53 bits per heavy atom. The van der Waals surface area contributed by atoms with Crippen molar-refractivity contribution >= 4 is 23.3 Å². The fourth-order valence-electron chi connectivity index (χ4n) is 1.94. The van der Waals surface area contributed by atoms with Gasteiger partial charge in [-0.15, -0.1) is 0 Å². The maximum atomic E-state index is 11.8. The Morgan fingerprint density at radius 2 is 1.94 bits per heavy atom. The lowest BCUT2D eigenvalue weighted by Crippen LogP contribution is -2.49. The molecule has 0 aromatic heterocycles. The van der Waals surface area contributed by atoms with Crippen molar-refractivity contribution in [2.24, 2.45) is 0 Å². The van der Waals surface area contributed by atoms with Crippen LogP contribution in [0.3, 0.4) is 0 Å². The van der Waals surface area contributed by atoms with E-state index in [0.717, 1.165) is 11.4 Å². The van der Waals surface area contributed by atoms with Crippen molar-refractivity contribution in [1.82, 2.24) is 0 Å². The SMILES string of the molecule is CC(C(=O)O)N1CC(=O)N(C)c2ccccc21. The summed E-state index contributed by atoms with van der Waals surface area (Å²) in [5.41, 5.74) is 1.53. The van der Waals surface area contributed by atoms with Crippen molar-refractivity contribution in [3.05, 3.63) is 24.3 Å². The van der Waals surface area contributed by atoms with E-state index >= 15 is 0 Å². The van der Waals surface area contributed by atoms with E-state index in [4.69, 9.17) is 5.11 Å². The second-order valence-corrected chi connectivity index (χ2v) is 4.08. The number of amides is 1. The molecular weight excluding hydrogens is 220 g/mol. The first-order valence-corrected chi connectivity index (χ1v) is 5.37. The quantitative estimate of drug-likeness (QED) is 0.827. The summed E-state index contributed by atoms with van der Waals surface area (Å²) >= 11 is 0. The summed E-state index contributed by atoms with van der Waals surface area (Å²) in [6, 6.07) is 6.60. The number of benzene rings is 1. The number of hydrogen-bond donors (Lipinski definition) is 1. The maximum Gasteiger partial charge on any atom is 0.326 e. The molecule has 1 amide bonds. The number of carboxylic acids is 1. The number of para-hydroxylation sites is 2. The van der Waals surface area contributed by atoms with Gasteiger partial charge in [0.15, 0.2) is 0 Å². The van der Waals surface area contributed by atoms with Gasteiger partial charge < -0.3 is 14.9 Å². The monoisotopic (exact) mass is 234 g/mol. The standard InChI is InChI=1S/C12H14N2O3/c1-8(12(16)17)14-7-11(15)13(2)9-5-3-4-6-10(9)14/h3-6,8H,7H2,1-2H3,(H,16,17). The number of carbonyl (C=O) groups excluding carboxylic acids is 1. The van der Waals surface area contributed by atoms with Crippen LogP contribution in [0.2, 0.25) is 0 Å². The number of anilines is 2. The van der Waals surface area contributed by atoms with Crippen LogP contribution in [0.15, 0.2) is 24.3 Å². The number of fused-ring (bicyclic) bond motifs is 1. The molecule has 90 valence electrons. The predicted molar refractivity (Wildman–Crippen MR) is 64.3 cm³/mol. The van der Waals surface area contributed by atoms with Gasteiger partial charge in [0, 0.05) is 7.05 Å². The van der Waals surface area contributed by atoms with E-state index in [1.54, 1.807) is 23.8 Å².